The number of piperidine rings is 2. The summed E-state index contributed by atoms with van der Waals surface area (Å²) in [5.41, 5.74) is 4.50. The SMILES string of the molecule is CCC(/C=C(\C)CN1CCC(N2CCC(C)CC2)CC1)=C(C)C. The summed E-state index contributed by atoms with van der Waals surface area (Å²) in [4.78, 5) is 5.44. The Morgan fingerprint density at radius 3 is 2.09 bits per heavy atom. The molecule has 0 amide bonds. The quantitative estimate of drug-likeness (QED) is 0.667. The third-order valence-corrected chi connectivity index (χ3v) is 5.81. The Bertz CT molecular complexity index is 415. The van der Waals surface area contributed by atoms with Gasteiger partial charge in [-0.25, -0.2) is 0 Å². The van der Waals surface area contributed by atoms with Crippen molar-refractivity contribution < 1.29 is 0 Å². The monoisotopic (exact) mass is 318 g/mol. The van der Waals surface area contributed by atoms with Crippen LogP contribution in [0.1, 0.15) is 66.7 Å². The number of nitrogens with zero attached hydrogens (tertiary/aromatic N) is 2. The van der Waals surface area contributed by atoms with Gasteiger partial charge in [-0.1, -0.05) is 31.1 Å². The van der Waals surface area contributed by atoms with Crippen LogP contribution in [0.2, 0.25) is 0 Å². The number of likely N-dealkylation sites (tertiary alicyclic amines) is 2. The zero-order valence-electron chi connectivity index (χ0n) is 16.2. The van der Waals surface area contributed by atoms with Crippen LogP contribution in [0.3, 0.4) is 0 Å². The van der Waals surface area contributed by atoms with Crippen molar-refractivity contribution in [3.8, 4) is 0 Å². The fraction of sp³-hybridized carbons (Fsp3) is 0.810. The van der Waals surface area contributed by atoms with E-state index in [0.29, 0.717) is 0 Å². The zero-order valence-corrected chi connectivity index (χ0v) is 16.2. The molecule has 0 N–H and O–H groups in total. The summed E-state index contributed by atoms with van der Waals surface area (Å²) in [7, 11) is 0. The minimum atomic E-state index is 0.854. The lowest BCUT2D eigenvalue weighted by atomic mass is 9.95. The predicted octanol–water partition coefficient (Wildman–Crippen LogP) is 4.88. The second-order valence-electron chi connectivity index (χ2n) is 8.10. The van der Waals surface area contributed by atoms with Gasteiger partial charge in [0, 0.05) is 12.6 Å². The fourth-order valence-corrected chi connectivity index (χ4v) is 4.13. The number of rotatable bonds is 5. The minimum Gasteiger partial charge on any atom is -0.300 e. The highest BCUT2D eigenvalue weighted by molar-refractivity contribution is 5.26. The molecule has 132 valence electrons. The van der Waals surface area contributed by atoms with Crippen LogP contribution in [0.5, 0.6) is 0 Å². The van der Waals surface area contributed by atoms with E-state index in [0.717, 1.165) is 24.9 Å². The molecule has 0 saturated carbocycles. The molecule has 2 fully saturated rings. The van der Waals surface area contributed by atoms with E-state index in [-0.39, 0.29) is 0 Å². The molecule has 0 bridgehead atoms. The second kappa shape index (κ2) is 9.03. The second-order valence-corrected chi connectivity index (χ2v) is 8.10. The van der Waals surface area contributed by atoms with E-state index in [1.165, 1.54) is 68.6 Å². The smallest absolute Gasteiger partial charge is 0.0193 e. The van der Waals surface area contributed by atoms with Gasteiger partial charge in [-0.2, -0.15) is 0 Å². The molecular weight excluding hydrogens is 280 g/mol. The van der Waals surface area contributed by atoms with Crippen molar-refractivity contribution in [3.63, 3.8) is 0 Å². The molecule has 0 radical (unpaired) electrons. The maximum Gasteiger partial charge on any atom is 0.0193 e. The van der Waals surface area contributed by atoms with Crippen LogP contribution in [0.25, 0.3) is 0 Å². The average Bonchev–Trinajstić information content (AvgIpc) is 2.54. The lowest BCUT2D eigenvalue weighted by molar-refractivity contribution is 0.0835. The van der Waals surface area contributed by atoms with Crippen LogP contribution in [0, 0.1) is 5.92 Å². The van der Waals surface area contributed by atoms with E-state index in [9.17, 15) is 0 Å². The molecular formula is C21H38N2. The maximum atomic E-state index is 2.78. The number of allylic oxidation sites excluding steroid dienone is 3. The lowest BCUT2D eigenvalue weighted by Crippen LogP contribution is -2.47. The first-order chi connectivity index (χ1) is 11.0. The van der Waals surface area contributed by atoms with Crippen LogP contribution in [-0.2, 0) is 0 Å². The van der Waals surface area contributed by atoms with Crippen molar-refractivity contribution in [2.75, 3.05) is 32.7 Å². The van der Waals surface area contributed by atoms with Gasteiger partial charge in [-0.15, -0.1) is 0 Å². The van der Waals surface area contributed by atoms with Crippen LogP contribution >= 0.6 is 0 Å². The molecule has 2 saturated heterocycles. The summed E-state index contributed by atoms with van der Waals surface area (Å²) >= 11 is 0. The Kier molecular flexibility index (Phi) is 7.36. The van der Waals surface area contributed by atoms with Crippen molar-refractivity contribution in [1.29, 1.82) is 0 Å². The Morgan fingerprint density at radius 2 is 1.57 bits per heavy atom. The average molecular weight is 319 g/mol. The highest BCUT2D eigenvalue weighted by atomic mass is 15.2. The number of hydrogen-bond donors (Lipinski definition) is 0. The molecule has 0 aromatic carbocycles. The third-order valence-electron chi connectivity index (χ3n) is 5.81. The summed E-state index contributed by atoms with van der Waals surface area (Å²) in [6.45, 7) is 17.8. The van der Waals surface area contributed by atoms with Crippen molar-refractivity contribution >= 4 is 0 Å². The summed E-state index contributed by atoms with van der Waals surface area (Å²) in [5, 5.41) is 0. The molecule has 2 aliphatic heterocycles. The van der Waals surface area contributed by atoms with Crippen LogP contribution < -0.4 is 0 Å². The molecule has 23 heavy (non-hydrogen) atoms. The van der Waals surface area contributed by atoms with Gasteiger partial charge < -0.3 is 4.90 Å². The summed E-state index contributed by atoms with van der Waals surface area (Å²) in [6, 6.07) is 0.854. The minimum absolute atomic E-state index is 0.854. The Labute approximate surface area is 144 Å². The standard InChI is InChI=1S/C21H38N2/c1-6-20(17(2)3)15-19(5)16-22-11-9-21(10-12-22)23-13-7-18(4)8-14-23/h15,18,21H,6-14,16H2,1-5H3/b19-15+. The predicted molar refractivity (Wildman–Crippen MR) is 102 cm³/mol. The van der Waals surface area contributed by atoms with E-state index >= 15 is 0 Å². The van der Waals surface area contributed by atoms with Gasteiger partial charge >= 0.3 is 0 Å². The van der Waals surface area contributed by atoms with Gasteiger partial charge in [0.05, 0.1) is 0 Å². The number of hydrogen-bond acceptors (Lipinski definition) is 2. The molecule has 0 unspecified atom stereocenters. The van der Waals surface area contributed by atoms with Gasteiger partial charge in [0.25, 0.3) is 0 Å². The van der Waals surface area contributed by atoms with E-state index in [1.807, 2.05) is 0 Å². The van der Waals surface area contributed by atoms with Crippen LogP contribution in [0.15, 0.2) is 22.8 Å². The first-order valence-electron chi connectivity index (χ1n) is 9.79. The van der Waals surface area contributed by atoms with Gasteiger partial charge in [0.1, 0.15) is 0 Å². The summed E-state index contributed by atoms with van der Waals surface area (Å²) < 4.78 is 0. The van der Waals surface area contributed by atoms with Gasteiger partial charge in [-0.05, 0) is 90.5 Å². The molecule has 2 heteroatoms. The normalized spacial score (nSPS) is 23.3. The Hall–Kier alpha value is -0.600. The molecule has 0 aliphatic carbocycles. The van der Waals surface area contributed by atoms with Gasteiger partial charge in [-0.3, -0.25) is 4.90 Å². The molecule has 2 heterocycles. The van der Waals surface area contributed by atoms with Crippen molar-refractivity contribution in [1.82, 2.24) is 9.80 Å². The molecule has 0 spiro atoms. The Balaban J connectivity index is 1.78. The first-order valence-corrected chi connectivity index (χ1v) is 9.79. The maximum absolute atomic E-state index is 2.78. The van der Waals surface area contributed by atoms with E-state index in [1.54, 1.807) is 0 Å². The van der Waals surface area contributed by atoms with E-state index in [2.05, 4.69) is 50.5 Å². The largest absolute Gasteiger partial charge is 0.300 e. The molecule has 0 aromatic rings. The molecule has 2 nitrogen and oxygen atoms in total. The Morgan fingerprint density at radius 1 is 0.957 bits per heavy atom. The first kappa shape index (κ1) is 18.7. The molecule has 0 atom stereocenters. The van der Waals surface area contributed by atoms with E-state index in [4.69, 9.17) is 0 Å². The highest BCUT2D eigenvalue weighted by Gasteiger charge is 2.26. The fourth-order valence-electron chi connectivity index (χ4n) is 4.13. The highest BCUT2D eigenvalue weighted by Crippen LogP contribution is 2.24. The zero-order chi connectivity index (χ0) is 16.8. The van der Waals surface area contributed by atoms with Gasteiger partial charge in [0.2, 0.25) is 0 Å². The van der Waals surface area contributed by atoms with E-state index < -0.39 is 0 Å². The molecule has 2 aliphatic rings. The summed E-state index contributed by atoms with van der Waals surface area (Å²) in [6.07, 6.45) is 9.12. The lowest BCUT2D eigenvalue weighted by Gasteiger charge is -2.41. The van der Waals surface area contributed by atoms with Gasteiger partial charge in [0.15, 0.2) is 0 Å². The molecule has 0 aromatic heterocycles. The van der Waals surface area contributed by atoms with Crippen molar-refractivity contribution in [2.45, 2.75) is 72.8 Å². The van der Waals surface area contributed by atoms with Crippen LogP contribution in [-0.4, -0.2) is 48.6 Å². The van der Waals surface area contributed by atoms with Crippen molar-refractivity contribution in [2.24, 2.45) is 5.92 Å². The summed E-state index contributed by atoms with van der Waals surface area (Å²) in [5.74, 6) is 0.946. The third kappa shape index (κ3) is 5.76. The van der Waals surface area contributed by atoms with Crippen molar-refractivity contribution in [3.05, 3.63) is 22.8 Å². The molecule has 2 rings (SSSR count). The topological polar surface area (TPSA) is 6.48 Å². The van der Waals surface area contributed by atoms with Crippen LogP contribution in [0.4, 0.5) is 0 Å².